The van der Waals surface area contributed by atoms with E-state index in [-0.39, 0.29) is 5.91 Å². The van der Waals surface area contributed by atoms with Crippen LogP contribution in [0.1, 0.15) is 11.1 Å². The minimum Gasteiger partial charge on any atom is -0.289 e. The average molecular weight is 286 g/mol. The Morgan fingerprint density at radius 2 is 2.32 bits per heavy atom. The van der Waals surface area contributed by atoms with Crippen molar-refractivity contribution in [1.29, 1.82) is 5.26 Å². The summed E-state index contributed by atoms with van der Waals surface area (Å²) < 4.78 is 0.535. The molecule has 1 saturated heterocycles. The molecule has 0 radical (unpaired) electrons. The Hall–Kier alpha value is -1.90. The van der Waals surface area contributed by atoms with Crippen molar-refractivity contribution in [3.8, 4) is 6.07 Å². The Morgan fingerprint density at radius 1 is 1.53 bits per heavy atom. The second-order valence-corrected chi connectivity index (χ2v) is 5.49. The highest BCUT2D eigenvalue weighted by Gasteiger charge is 2.30. The summed E-state index contributed by atoms with van der Waals surface area (Å²) in [5.74, 6) is -0.114. The van der Waals surface area contributed by atoms with Crippen molar-refractivity contribution in [2.24, 2.45) is 0 Å². The molecular formula is C14H10N2OS2. The molecule has 1 fully saturated rings. The van der Waals surface area contributed by atoms with Gasteiger partial charge in [-0.15, -0.1) is 6.58 Å². The fraction of sp³-hybridized carbons (Fsp3) is 0.0714. The normalized spacial score (nSPS) is 16.8. The number of nitrogens with zero attached hydrogens (tertiary/aromatic N) is 2. The molecule has 1 aliphatic rings. The van der Waals surface area contributed by atoms with Crippen molar-refractivity contribution in [1.82, 2.24) is 4.90 Å². The molecule has 5 heteroatoms. The van der Waals surface area contributed by atoms with Gasteiger partial charge in [0.1, 0.15) is 4.32 Å². The second kappa shape index (κ2) is 5.83. The number of nitriles is 1. The molecule has 3 nitrogen and oxygen atoms in total. The Balaban J connectivity index is 2.30. The summed E-state index contributed by atoms with van der Waals surface area (Å²) in [4.78, 5) is 14.2. The lowest BCUT2D eigenvalue weighted by Gasteiger charge is -2.10. The summed E-state index contributed by atoms with van der Waals surface area (Å²) in [5, 5.41) is 8.85. The van der Waals surface area contributed by atoms with E-state index in [1.54, 1.807) is 30.4 Å². The molecule has 0 unspecified atom stereocenters. The van der Waals surface area contributed by atoms with Crippen LogP contribution in [-0.4, -0.2) is 21.7 Å². The maximum Gasteiger partial charge on any atom is 0.266 e. The van der Waals surface area contributed by atoms with Crippen molar-refractivity contribution >= 4 is 40.3 Å². The molecular weight excluding hydrogens is 276 g/mol. The summed E-state index contributed by atoms with van der Waals surface area (Å²) in [6, 6.07) is 9.16. The summed E-state index contributed by atoms with van der Waals surface area (Å²) in [7, 11) is 0. The van der Waals surface area contributed by atoms with Crippen LogP contribution >= 0.6 is 24.0 Å². The first-order valence-corrected chi connectivity index (χ1v) is 6.74. The molecule has 2 rings (SSSR count). The molecule has 94 valence electrons. The van der Waals surface area contributed by atoms with Crippen LogP contribution in [0.3, 0.4) is 0 Å². The number of hydrogen-bond acceptors (Lipinski definition) is 4. The van der Waals surface area contributed by atoms with E-state index >= 15 is 0 Å². The highest BCUT2D eigenvalue weighted by atomic mass is 32.2. The summed E-state index contributed by atoms with van der Waals surface area (Å²) in [5.41, 5.74) is 1.38. The number of hydrogen-bond donors (Lipinski definition) is 0. The van der Waals surface area contributed by atoms with Gasteiger partial charge in [-0.1, -0.05) is 42.2 Å². The summed E-state index contributed by atoms with van der Waals surface area (Å²) >= 11 is 6.42. The van der Waals surface area contributed by atoms with Gasteiger partial charge >= 0.3 is 0 Å². The number of carbonyl (C=O) groups is 1. The first kappa shape index (κ1) is 13.5. The zero-order chi connectivity index (χ0) is 13.8. The van der Waals surface area contributed by atoms with Crippen molar-refractivity contribution < 1.29 is 4.79 Å². The van der Waals surface area contributed by atoms with Gasteiger partial charge in [0.15, 0.2) is 0 Å². The molecule has 1 aromatic rings. The molecule has 0 aliphatic carbocycles. The third-order valence-corrected chi connectivity index (χ3v) is 3.88. The number of rotatable bonds is 3. The minimum atomic E-state index is -0.114. The van der Waals surface area contributed by atoms with E-state index in [1.807, 2.05) is 6.07 Å². The van der Waals surface area contributed by atoms with E-state index in [0.717, 1.165) is 5.56 Å². The highest BCUT2D eigenvalue weighted by Crippen LogP contribution is 2.32. The number of carbonyl (C=O) groups excluding carboxylic acids is 1. The monoisotopic (exact) mass is 286 g/mol. The Kier molecular flexibility index (Phi) is 4.15. The predicted molar refractivity (Wildman–Crippen MR) is 81.2 cm³/mol. The van der Waals surface area contributed by atoms with Crippen molar-refractivity contribution in [3.05, 3.63) is 53.0 Å². The second-order valence-electron chi connectivity index (χ2n) is 3.82. The number of benzene rings is 1. The largest absolute Gasteiger partial charge is 0.289 e. The SMILES string of the molecule is C=CCN1C(=O)/C(=C/c2cccc(C#N)c2)SC1=S. The van der Waals surface area contributed by atoms with Gasteiger partial charge in [0.2, 0.25) is 0 Å². The predicted octanol–water partition coefficient (Wildman–Crippen LogP) is 2.95. The summed E-state index contributed by atoms with van der Waals surface area (Å²) in [6.07, 6.45) is 3.40. The average Bonchev–Trinajstić information content (AvgIpc) is 2.67. The van der Waals surface area contributed by atoms with E-state index < -0.39 is 0 Å². The maximum absolute atomic E-state index is 12.1. The Labute approximate surface area is 121 Å². The van der Waals surface area contributed by atoms with E-state index in [0.29, 0.717) is 21.3 Å². The van der Waals surface area contributed by atoms with Crippen molar-refractivity contribution in [2.75, 3.05) is 6.54 Å². The van der Waals surface area contributed by atoms with Gasteiger partial charge in [-0.3, -0.25) is 9.69 Å². The molecule has 1 aromatic carbocycles. The Morgan fingerprint density at radius 3 is 3.00 bits per heavy atom. The van der Waals surface area contributed by atoms with Gasteiger partial charge in [0, 0.05) is 6.54 Å². The van der Waals surface area contributed by atoms with Crippen LogP contribution in [0.15, 0.2) is 41.8 Å². The van der Waals surface area contributed by atoms with Gasteiger partial charge in [0.05, 0.1) is 16.5 Å². The lowest BCUT2D eigenvalue weighted by atomic mass is 10.1. The van der Waals surface area contributed by atoms with Gasteiger partial charge in [-0.05, 0) is 23.8 Å². The van der Waals surface area contributed by atoms with Gasteiger partial charge < -0.3 is 0 Å². The maximum atomic E-state index is 12.1. The first-order chi connectivity index (χ1) is 9.15. The van der Waals surface area contributed by atoms with Gasteiger partial charge in [-0.25, -0.2) is 0 Å². The fourth-order valence-corrected chi connectivity index (χ4v) is 2.91. The van der Waals surface area contributed by atoms with Crippen LogP contribution in [0.4, 0.5) is 0 Å². The smallest absolute Gasteiger partial charge is 0.266 e. The van der Waals surface area contributed by atoms with E-state index in [2.05, 4.69) is 12.6 Å². The zero-order valence-electron chi connectivity index (χ0n) is 10.00. The lowest BCUT2D eigenvalue weighted by Crippen LogP contribution is -2.27. The van der Waals surface area contributed by atoms with Crippen LogP contribution in [0.25, 0.3) is 6.08 Å². The molecule has 0 atom stereocenters. The number of thiocarbonyl (C=S) groups is 1. The third kappa shape index (κ3) is 2.92. The fourth-order valence-electron chi connectivity index (χ4n) is 1.64. The van der Waals surface area contributed by atoms with Crippen molar-refractivity contribution in [2.45, 2.75) is 0 Å². The topological polar surface area (TPSA) is 44.1 Å². The zero-order valence-corrected chi connectivity index (χ0v) is 11.6. The lowest BCUT2D eigenvalue weighted by molar-refractivity contribution is -0.121. The quantitative estimate of drug-likeness (QED) is 0.487. The van der Waals surface area contributed by atoms with Crippen molar-refractivity contribution in [3.63, 3.8) is 0 Å². The van der Waals surface area contributed by atoms with Crippen LogP contribution in [0.5, 0.6) is 0 Å². The Bertz CT molecular complexity index is 629. The molecule has 1 aliphatic heterocycles. The molecule has 1 heterocycles. The molecule has 0 bridgehead atoms. The third-order valence-electron chi connectivity index (χ3n) is 2.50. The molecule has 19 heavy (non-hydrogen) atoms. The van der Waals surface area contributed by atoms with Crippen LogP contribution in [-0.2, 0) is 4.79 Å². The highest BCUT2D eigenvalue weighted by molar-refractivity contribution is 8.26. The molecule has 0 aromatic heterocycles. The van der Waals surface area contributed by atoms with E-state index in [1.165, 1.54) is 16.7 Å². The van der Waals surface area contributed by atoms with Gasteiger partial charge in [-0.2, -0.15) is 5.26 Å². The number of thioether (sulfide) groups is 1. The molecule has 0 N–H and O–H groups in total. The molecule has 0 spiro atoms. The first-order valence-electron chi connectivity index (χ1n) is 5.52. The van der Waals surface area contributed by atoms with E-state index in [4.69, 9.17) is 17.5 Å². The van der Waals surface area contributed by atoms with Crippen LogP contribution in [0.2, 0.25) is 0 Å². The van der Waals surface area contributed by atoms with Crippen LogP contribution in [0, 0.1) is 11.3 Å². The standard InChI is InChI=1S/C14H10N2OS2/c1-2-6-16-13(17)12(19-14(16)18)8-10-4-3-5-11(7-10)9-15/h2-5,7-8H,1,6H2/b12-8-. The summed E-state index contributed by atoms with van der Waals surface area (Å²) in [6.45, 7) is 4.02. The minimum absolute atomic E-state index is 0.114. The van der Waals surface area contributed by atoms with Gasteiger partial charge in [0.25, 0.3) is 5.91 Å². The molecule has 1 amide bonds. The molecule has 0 saturated carbocycles. The number of amides is 1. The van der Waals surface area contributed by atoms with E-state index in [9.17, 15) is 4.79 Å². The van der Waals surface area contributed by atoms with Crippen LogP contribution < -0.4 is 0 Å².